The predicted molar refractivity (Wildman–Crippen MR) is 107 cm³/mol. The van der Waals surface area contributed by atoms with Crippen LogP contribution in [0.4, 0.5) is 0 Å². The maximum atomic E-state index is 12.7. The van der Waals surface area contributed by atoms with Crippen LogP contribution >= 0.6 is 0 Å². The Kier molecular flexibility index (Phi) is 5.71. The zero-order valence-electron chi connectivity index (χ0n) is 15.7. The van der Waals surface area contributed by atoms with E-state index in [4.69, 9.17) is 10.00 Å². The number of ether oxygens (including phenoxy) is 1. The molecule has 0 atom stereocenters. The average Bonchev–Trinajstić information content (AvgIpc) is 2.71. The van der Waals surface area contributed by atoms with Gasteiger partial charge in [0, 0.05) is 12.1 Å². The van der Waals surface area contributed by atoms with E-state index in [1.54, 1.807) is 56.3 Å². The third-order valence-electron chi connectivity index (χ3n) is 4.24. The van der Waals surface area contributed by atoms with Crippen LogP contribution in [0.15, 0.2) is 60.7 Å². The second-order valence-electron chi connectivity index (χ2n) is 6.69. The summed E-state index contributed by atoms with van der Waals surface area (Å²) in [6, 6.07) is 19.7. The van der Waals surface area contributed by atoms with Crippen LogP contribution in [0.2, 0.25) is 0 Å². The highest BCUT2D eigenvalue weighted by atomic mass is 16.5. The van der Waals surface area contributed by atoms with Crippen LogP contribution in [0.5, 0.6) is 0 Å². The maximum absolute atomic E-state index is 12.7. The van der Waals surface area contributed by atoms with Gasteiger partial charge in [0.05, 0.1) is 23.3 Å². The van der Waals surface area contributed by atoms with Crippen molar-refractivity contribution < 1.29 is 14.3 Å². The number of fused-ring (bicyclic) bond motifs is 1. The van der Waals surface area contributed by atoms with Gasteiger partial charge in [-0.2, -0.15) is 5.26 Å². The van der Waals surface area contributed by atoms with Crippen LogP contribution in [-0.4, -0.2) is 18.0 Å². The Labute approximate surface area is 163 Å². The molecule has 0 spiro atoms. The highest BCUT2D eigenvalue weighted by molar-refractivity contribution is 6.08. The molecule has 5 nitrogen and oxygen atoms in total. The lowest BCUT2D eigenvalue weighted by Crippen LogP contribution is -2.23. The first-order chi connectivity index (χ1) is 13.5. The number of nitrogens with one attached hydrogen (secondary N) is 1. The summed E-state index contributed by atoms with van der Waals surface area (Å²) in [6.45, 7) is 3.96. The molecule has 5 heteroatoms. The van der Waals surface area contributed by atoms with E-state index in [9.17, 15) is 9.59 Å². The van der Waals surface area contributed by atoms with Crippen molar-refractivity contribution in [3.05, 3.63) is 82.9 Å². The van der Waals surface area contributed by atoms with Crippen LogP contribution in [0, 0.1) is 11.3 Å². The fourth-order valence-electron chi connectivity index (χ4n) is 2.87. The first-order valence-corrected chi connectivity index (χ1v) is 8.99. The van der Waals surface area contributed by atoms with Gasteiger partial charge >= 0.3 is 5.97 Å². The second-order valence-corrected chi connectivity index (χ2v) is 6.69. The molecule has 0 aromatic heterocycles. The minimum Gasteiger partial charge on any atom is -0.459 e. The van der Waals surface area contributed by atoms with Gasteiger partial charge < -0.3 is 10.1 Å². The Morgan fingerprint density at radius 2 is 1.82 bits per heavy atom. The number of amides is 1. The molecule has 0 bridgehead atoms. The van der Waals surface area contributed by atoms with Gasteiger partial charge in [0.15, 0.2) is 0 Å². The van der Waals surface area contributed by atoms with Gasteiger partial charge in [-0.1, -0.05) is 30.3 Å². The van der Waals surface area contributed by atoms with Gasteiger partial charge in [0.2, 0.25) is 0 Å². The van der Waals surface area contributed by atoms with Crippen molar-refractivity contribution in [2.45, 2.75) is 26.5 Å². The SMILES string of the molecule is CC(C)OC(=O)c1ccc2c(C(=O)NCc3ccc(C#N)cc3)cccc2c1. The Morgan fingerprint density at radius 3 is 2.50 bits per heavy atom. The summed E-state index contributed by atoms with van der Waals surface area (Å²) in [7, 11) is 0. The number of hydrogen-bond acceptors (Lipinski definition) is 4. The summed E-state index contributed by atoms with van der Waals surface area (Å²) < 4.78 is 5.23. The second kappa shape index (κ2) is 8.36. The number of esters is 1. The van der Waals surface area contributed by atoms with E-state index < -0.39 is 0 Å². The van der Waals surface area contributed by atoms with Crippen molar-refractivity contribution in [2.75, 3.05) is 0 Å². The monoisotopic (exact) mass is 372 g/mol. The molecule has 3 aromatic rings. The van der Waals surface area contributed by atoms with E-state index in [0.29, 0.717) is 23.2 Å². The summed E-state index contributed by atoms with van der Waals surface area (Å²) in [4.78, 5) is 24.8. The van der Waals surface area contributed by atoms with E-state index in [2.05, 4.69) is 11.4 Å². The van der Waals surface area contributed by atoms with E-state index in [1.807, 2.05) is 18.2 Å². The zero-order valence-corrected chi connectivity index (χ0v) is 15.7. The lowest BCUT2D eigenvalue weighted by molar-refractivity contribution is 0.0378. The van der Waals surface area contributed by atoms with E-state index in [0.717, 1.165) is 16.3 Å². The van der Waals surface area contributed by atoms with E-state index in [-0.39, 0.29) is 18.0 Å². The van der Waals surface area contributed by atoms with Crippen LogP contribution < -0.4 is 5.32 Å². The normalized spacial score (nSPS) is 10.5. The summed E-state index contributed by atoms with van der Waals surface area (Å²) in [6.07, 6.45) is -0.192. The number of carbonyl (C=O) groups excluding carboxylic acids is 2. The van der Waals surface area contributed by atoms with Crippen molar-refractivity contribution in [2.24, 2.45) is 0 Å². The largest absolute Gasteiger partial charge is 0.459 e. The van der Waals surface area contributed by atoms with E-state index >= 15 is 0 Å². The molecular weight excluding hydrogens is 352 g/mol. The fraction of sp³-hybridized carbons (Fsp3) is 0.174. The smallest absolute Gasteiger partial charge is 0.338 e. The quantitative estimate of drug-likeness (QED) is 0.681. The number of nitriles is 1. The average molecular weight is 372 g/mol. The molecule has 0 aliphatic heterocycles. The van der Waals surface area contributed by atoms with Crippen LogP contribution in [0.3, 0.4) is 0 Å². The Morgan fingerprint density at radius 1 is 1.07 bits per heavy atom. The number of benzene rings is 3. The fourth-order valence-corrected chi connectivity index (χ4v) is 2.87. The lowest BCUT2D eigenvalue weighted by Gasteiger charge is -2.11. The summed E-state index contributed by atoms with van der Waals surface area (Å²) in [5.74, 6) is -0.583. The van der Waals surface area contributed by atoms with Crippen LogP contribution in [0.25, 0.3) is 10.8 Å². The molecule has 28 heavy (non-hydrogen) atoms. The summed E-state index contributed by atoms with van der Waals surface area (Å²) in [5.41, 5.74) is 2.48. The number of rotatable bonds is 5. The highest BCUT2D eigenvalue weighted by Gasteiger charge is 2.13. The molecule has 3 rings (SSSR count). The molecule has 0 radical (unpaired) electrons. The molecule has 0 fully saturated rings. The first kappa shape index (κ1) is 19.1. The predicted octanol–water partition coefficient (Wildman–Crippen LogP) is 4.21. The minimum absolute atomic E-state index is 0.192. The van der Waals surface area contributed by atoms with E-state index in [1.165, 1.54) is 0 Å². The van der Waals surface area contributed by atoms with Gasteiger partial charge in [0.25, 0.3) is 5.91 Å². The molecule has 0 heterocycles. The lowest BCUT2D eigenvalue weighted by atomic mass is 10.0. The van der Waals surface area contributed by atoms with Gasteiger partial charge in [-0.25, -0.2) is 4.79 Å². The molecule has 3 aromatic carbocycles. The standard InChI is InChI=1S/C23H20N2O3/c1-15(2)28-23(27)19-10-11-20-18(12-19)4-3-5-21(20)22(26)25-14-17-8-6-16(13-24)7-9-17/h3-12,15H,14H2,1-2H3,(H,25,26). The van der Waals surface area contributed by atoms with Crippen molar-refractivity contribution in [1.82, 2.24) is 5.32 Å². The third kappa shape index (κ3) is 4.36. The number of nitrogens with zero attached hydrogens (tertiary/aromatic N) is 1. The van der Waals surface area contributed by atoms with Gasteiger partial charge in [-0.15, -0.1) is 0 Å². The Hall–Kier alpha value is -3.65. The van der Waals surface area contributed by atoms with Crippen molar-refractivity contribution in [3.63, 3.8) is 0 Å². The number of hydrogen-bond donors (Lipinski definition) is 1. The van der Waals surface area contributed by atoms with Crippen molar-refractivity contribution >= 4 is 22.6 Å². The molecule has 140 valence electrons. The summed E-state index contributed by atoms with van der Waals surface area (Å²) >= 11 is 0. The Balaban J connectivity index is 1.79. The van der Waals surface area contributed by atoms with Gasteiger partial charge in [-0.05, 0) is 60.5 Å². The first-order valence-electron chi connectivity index (χ1n) is 8.99. The number of carbonyl (C=O) groups is 2. The van der Waals surface area contributed by atoms with Gasteiger partial charge in [0.1, 0.15) is 0 Å². The highest BCUT2D eigenvalue weighted by Crippen LogP contribution is 2.21. The third-order valence-corrected chi connectivity index (χ3v) is 4.24. The summed E-state index contributed by atoms with van der Waals surface area (Å²) in [5, 5.41) is 13.3. The Bertz CT molecular complexity index is 1060. The molecular formula is C23H20N2O3. The minimum atomic E-state index is -0.382. The van der Waals surface area contributed by atoms with Crippen molar-refractivity contribution in [1.29, 1.82) is 5.26 Å². The topological polar surface area (TPSA) is 79.2 Å². The molecule has 0 unspecified atom stereocenters. The van der Waals surface area contributed by atoms with Crippen molar-refractivity contribution in [3.8, 4) is 6.07 Å². The van der Waals surface area contributed by atoms with Crippen LogP contribution in [-0.2, 0) is 11.3 Å². The molecule has 0 aliphatic rings. The molecule has 0 saturated heterocycles. The molecule has 0 aliphatic carbocycles. The molecule has 1 N–H and O–H groups in total. The molecule has 1 amide bonds. The zero-order chi connectivity index (χ0) is 20.1. The van der Waals surface area contributed by atoms with Gasteiger partial charge in [-0.3, -0.25) is 4.79 Å². The maximum Gasteiger partial charge on any atom is 0.338 e. The van der Waals surface area contributed by atoms with Crippen LogP contribution in [0.1, 0.15) is 45.7 Å². The molecule has 0 saturated carbocycles.